The van der Waals surface area contributed by atoms with Crippen molar-refractivity contribution in [3.05, 3.63) is 77.9 Å². The van der Waals surface area contributed by atoms with Crippen molar-refractivity contribution in [1.82, 2.24) is 10.2 Å². The molecule has 3 aromatic carbocycles. The van der Waals surface area contributed by atoms with Crippen LogP contribution in [0.1, 0.15) is 15.9 Å². The predicted molar refractivity (Wildman–Crippen MR) is 140 cm³/mol. The first kappa shape index (κ1) is 25.1. The van der Waals surface area contributed by atoms with Crippen LogP contribution in [0.25, 0.3) is 10.6 Å². The van der Waals surface area contributed by atoms with E-state index in [2.05, 4.69) is 15.5 Å². The fourth-order valence-electron chi connectivity index (χ4n) is 3.35. The van der Waals surface area contributed by atoms with Crippen LogP contribution in [-0.2, 0) is 10.0 Å². The van der Waals surface area contributed by atoms with Gasteiger partial charge in [0, 0.05) is 24.2 Å². The standard InChI is InChI=1S/C25H24N4O5S2/c1-16-5-7-18(8-6-16)24-27-28-25(35-24)26-23(30)17-9-11-19(12-10-17)29(2)36(31,32)20-13-14-21(33-3)22(15-20)34-4/h5-15H,1-4H3,(H,26,28,30). The van der Waals surface area contributed by atoms with E-state index in [9.17, 15) is 13.2 Å². The molecule has 36 heavy (non-hydrogen) atoms. The Morgan fingerprint density at radius 1 is 0.917 bits per heavy atom. The third-order valence-corrected chi connectivity index (χ3v) is 8.12. The van der Waals surface area contributed by atoms with Gasteiger partial charge >= 0.3 is 0 Å². The number of benzene rings is 3. The van der Waals surface area contributed by atoms with Gasteiger partial charge in [0.15, 0.2) is 11.5 Å². The van der Waals surface area contributed by atoms with Crippen LogP contribution in [-0.4, -0.2) is 45.8 Å². The Hall–Kier alpha value is -3.96. The topological polar surface area (TPSA) is 111 Å². The molecule has 4 rings (SSSR count). The normalized spacial score (nSPS) is 11.1. The monoisotopic (exact) mass is 524 g/mol. The molecule has 0 radical (unpaired) electrons. The van der Waals surface area contributed by atoms with Gasteiger partial charge in [-0.05, 0) is 43.3 Å². The van der Waals surface area contributed by atoms with Crippen molar-refractivity contribution >= 4 is 38.1 Å². The Morgan fingerprint density at radius 2 is 1.58 bits per heavy atom. The lowest BCUT2D eigenvalue weighted by molar-refractivity contribution is 0.102. The quantitative estimate of drug-likeness (QED) is 0.358. The van der Waals surface area contributed by atoms with Gasteiger partial charge in [-0.15, -0.1) is 10.2 Å². The molecular formula is C25H24N4O5S2. The number of carbonyl (C=O) groups excluding carboxylic acids is 1. The van der Waals surface area contributed by atoms with Gasteiger partial charge < -0.3 is 9.47 Å². The largest absolute Gasteiger partial charge is 0.493 e. The highest BCUT2D eigenvalue weighted by molar-refractivity contribution is 7.92. The van der Waals surface area contributed by atoms with Crippen LogP contribution in [0.15, 0.2) is 71.6 Å². The number of anilines is 2. The Morgan fingerprint density at radius 3 is 2.22 bits per heavy atom. The second-order valence-electron chi connectivity index (χ2n) is 7.77. The minimum absolute atomic E-state index is 0.0464. The minimum Gasteiger partial charge on any atom is -0.493 e. The number of amides is 1. The highest BCUT2D eigenvalue weighted by Crippen LogP contribution is 2.32. The zero-order valence-electron chi connectivity index (χ0n) is 20.1. The highest BCUT2D eigenvalue weighted by atomic mass is 32.2. The molecule has 0 fully saturated rings. The molecule has 1 heterocycles. The number of hydrogen-bond acceptors (Lipinski definition) is 8. The molecule has 0 aliphatic heterocycles. The van der Waals surface area contributed by atoms with Gasteiger partial charge in [-0.3, -0.25) is 14.4 Å². The summed E-state index contributed by atoms with van der Waals surface area (Å²) in [6.07, 6.45) is 0. The van der Waals surface area contributed by atoms with Crippen LogP contribution in [0.2, 0.25) is 0 Å². The van der Waals surface area contributed by atoms with E-state index in [0.29, 0.717) is 32.9 Å². The third-order valence-electron chi connectivity index (χ3n) is 5.45. The van der Waals surface area contributed by atoms with Crippen LogP contribution in [0, 0.1) is 6.92 Å². The Labute approximate surface area is 213 Å². The molecule has 9 nitrogen and oxygen atoms in total. The minimum atomic E-state index is -3.88. The summed E-state index contributed by atoms with van der Waals surface area (Å²) in [6, 6.07) is 18.5. The van der Waals surface area contributed by atoms with Gasteiger partial charge in [0.25, 0.3) is 15.9 Å². The van der Waals surface area contributed by atoms with E-state index < -0.39 is 10.0 Å². The predicted octanol–water partition coefficient (Wildman–Crippen LogP) is 4.61. The number of nitrogens with one attached hydrogen (secondary N) is 1. The van der Waals surface area contributed by atoms with Gasteiger partial charge in [0.2, 0.25) is 5.13 Å². The number of nitrogens with zero attached hydrogens (tertiary/aromatic N) is 3. The van der Waals surface area contributed by atoms with Gasteiger partial charge in [0.05, 0.1) is 24.8 Å². The van der Waals surface area contributed by atoms with Crippen LogP contribution in [0.3, 0.4) is 0 Å². The fourth-order valence-corrected chi connectivity index (χ4v) is 5.31. The molecule has 0 saturated carbocycles. The molecule has 1 amide bonds. The molecule has 186 valence electrons. The lowest BCUT2D eigenvalue weighted by Crippen LogP contribution is -2.26. The van der Waals surface area contributed by atoms with Crippen molar-refractivity contribution in [2.75, 3.05) is 30.9 Å². The van der Waals surface area contributed by atoms with E-state index in [4.69, 9.17) is 9.47 Å². The summed E-state index contributed by atoms with van der Waals surface area (Å²) in [5, 5.41) is 12.0. The van der Waals surface area contributed by atoms with E-state index >= 15 is 0 Å². The third kappa shape index (κ3) is 5.16. The molecule has 0 bridgehead atoms. The number of sulfonamides is 1. The van der Waals surface area contributed by atoms with Crippen molar-refractivity contribution in [2.45, 2.75) is 11.8 Å². The molecule has 0 atom stereocenters. The van der Waals surface area contributed by atoms with Gasteiger partial charge in [-0.25, -0.2) is 8.42 Å². The summed E-state index contributed by atoms with van der Waals surface area (Å²) in [7, 11) is 0.476. The number of hydrogen-bond donors (Lipinski definition) is 1. The van der Waals surface area contributed by atoms with E-state index in [1.54, 1.807) is 24.3 Å². The van der Waals surface area contributed by atoms with Gasteiger partial charge in [-0.1, -0.05) is 41.2 Å². The van der Waals surface area contributed by atoms with Crippen LogP contribution in [0.4, 0.5) is 10.8 Å². The number of ether oxygens (including phenoxy) is 2. The summed E-state index contributed by atoms with van der Waals surface area (Å²) in [5.74, 6) is 0.357. The zero-order chi connectivity index (χ0) is 25.9. The van der Waals surface area contributed by atoms with Crippen LogP contribution < -0.4 is 19.1 Å². The fraction of sp³-hybridized carbons (Fsp3) is 0.160. The maximum absolute atomic E-state index is 13.1. The first-order valence-corrected chi connectivity index (χ1v) is 13.0. The average Bonchev–Trinajstić information content (AvgIpc) is 3.36. The van der Waals surface area contributed by atoms with Crippen molar-refractivity contribution in [3.63, 3.8) is 0 Å². The van der Waals surface area contributed by atoms with E-state index in [1.165, 1.54) is 50.8 Å². The molecule has 0 spiro atoms. The number of carbonyl (C=O) groups is 1. The van der Waals surface area contributed by atoms with Crippen LogP contribution in [0.5, 0.6) is 11.5 Å². The zero-order valence-corrected chi connectivity index (χ0v) is 21.7. The van der Waals surface area contributed by atoms with Crippen molar-refractivity contribution in [3.8, 4) is 22.1 Å². The number of methoxy groups -OCH3 is 2. The molecule has 0 aliphatic rings. The molecule has 0 saturated heterocycles. The summed E-state index contributed by atoms with van der Waals surface area (Å²) >= 11 is 1.27. The van der Waals surface area contributed by atoms with Crippen molar-refractivity contribution in [1.29, 1.82) is 0 Å². The van der Waals surface area contributed by atoms with E-state index in [-0.39, 0.29) is 10.8 Å². The van der Waals surface area contributed by atoms with Crippen LogP contribution >= 0.6 is 11.3 Å². The highest BCUT2D eigenvalue weighted by Gasteiger charge is 2.23. The van der Waals surface area contributed by atoms with Crippen molar-refractivity contribution < 1.29 is 22.7 Å². The molecular weight excluding hydrogens is 500 g/mol. The number of aromatic nitrogens is 2. The Bertz CT molecular complexity index is 1480. The van der Waals surface area contributed by atoms with Gasteiger partial charge in [-0.2, -0.15) is 0 Å². The second-order valence-corrected chi connectivity index (χ2v) is 10.7. The molecule has 1 aromatic heterocycles. The summed E-state index contributed by atoms with van der Waals surface area (Å²) in [4.78, 5) is 12.8. The average molecular weight is 525 g/mol. The summed E-state index contributed by atoms with van der Waals surface area (Å²) < 4.78 is 37.8. The van der Waals surface area contributed by atoms with Crippen molar-refractivity contribution in [2.24, 2.45) is 0 Å². The first-order chi connectivity index (χ1) is 17.2. The van der Waals surface area contributed by atoms with E-state index in [0.717, 1.165) is 15.4 Å². The lowest BCUT2D eigenvalue weighted by atomic mass is 10.2. The number of rotatable bonds is 8. The molecule has 0 unspecified atom stereocenters. The Balaban J connectivity index is 1.47. The lowest BCUT2D eigenvalue weighted by Gasteiger charge is -2.20. The van der Waals surface area contributed by atoms with E-state index in [1.807, 2.05) is 31.2 Å². The second kappa shape index (κ2) is 10.3. The maximum Gasteiger partial charge on any atom is 0.264 e. The molecule has 0 aliphatic carbocycles. The first-order valence-electron chi connectivity index (χ1n) is 10.8. The van der Waals surface area contributed by atoms with Gasteiger partial charge in [0.1, 0.15) is 5.01 Å². The smallest absolute Gasteiger partial charge is 0.264 e. The maximum atomic E-state index is 13.1. The SMILES string of the molecule is COc1ccc(S(=O)(=O)N(C)c2ccc(C(=O)Nc3nnc(-c4ccc(C)cc4)s3)cc2)cc1OC. The Kier molecular flexibility index (Phi) is 7.22. The summed E-state index contributed by atoms with van der Waals surface area (Å²) in [5.41, 5.74) is 2.80. The molecule has 11 heteroatoms. The summed E-state index contributed by atoms with van der Waals surface area (Å²) in [6.45, 7) is 2.00. The molecule has 1 N–H and O–H groups in total. The number of aryl methyl sites for hydroxylation is 1. The molecule has 4 aromatic rings.